The molecule has 5 heteroatoms. The minimum atomic E-state index is 0.187. The molecule has 1 atom stereocenters. The monoisotopic (exact) mass is 398 g/mol. The van der Waals surface area contributed by atoms with Crippen LogP contribution in [0, 0.1) is 0 Å². The van der Waals surface area contributed by atoms with Gasteiger partial charge in [0.1, 0.15) is 0 Å². The predicted octanol–water partition coefficient (Wildman–Crippen LogP) is 5.35. The van der Waals surface area contributed by atoms with Crippen LogP contribution in [0.2, 0.25) is 0 Å². The van der Waals surface area contributed by atoms with Crippen LogP contribution in [0.25, 0.3) is 0 Å². The van der Waals surface area contributed by atoms with Crippen molar-refractivity contribution in [1.29, 1.82) is 0 Å². The minimum Gasteiger partial charge on any atom is -0.457 e. The van der Waals surface area contributed by atoms with Crippen LogP contribution in [0.15, 0.2) is 37.3 Å². The number of thiophene rings is 1. The van der Waals surface area contributed by atoms with E-state index in [-0.39, 0.29) is 4.83 Å². The van der Waals surface area contributed by atoms with Crippen LogP contribution in [0.5, 0.6) is 0 Å². The van der Waals surface area contributed by atoms with E-state index in [9.17, 15) is 0 Å². The molecule has 1 unspecified atom stereocenters. The van der Waals surface area contributed by atoms with E-state index >= 15 is 0 Å². The summed E-state index contributed by atoms with van der Waals surface area (Å²) in [6, 6.07) is 6.09. The normalized spacial score (nSPS) is 13.1. The standard InChI is InChI=1S/C9H5Br3OS/c10-7-2-1-6(14-7)8(11)5-3-4-13-9(5)12/h1-4,8H. The lowest BCUT2D eigenvalue weighted by Crippen LogP contribution is -1.86. The number of hydrogen-bond acceptors (Lipinski definition) is 2. The molecule has 2 rings (SSSR count). The number of halogens is 3. The lowest BCUT2D eigenvalue weighted by Gasteiger charge is -2.04. The Morgan fingerprint density at radius 2 is 2.00 bits per heavy atom. The highest BCUT2D eigenvalue weighted by atomic mass is 79.9. The Kier molecular flexibility index (Phi) is 3.52. The first-order valence-corrected chi connectivity index (χ1v) is 7.12. The molecule has 0 spiro atoms. The van der Waals surface area contributed by atoms with Crippen molar-refractivity contribution in [3.05, 3.63) is 43.4 Å². The van der Waals surface area contributed by atoms with Gasteiger partial charge >= 0.3 is 0 Å². The predicted molar refractivity (Wildman–Crippen MR) is 69.2 cm³/mol. The third-order valence-electron chi connectivity index (χ3n) is 1.76. The third-order valence-corrected chi connectivity index (χ3v) is 5.39. The molecule has 0 aromatic carbocycles. The van der Waals surface area contributed by atoms with E-state index in [1.165, 1.54) is 4.88 Å². The van der Waals surface area contributed by atoms with Gasteiger partial charge in [0, 0.05) is 10.4 Å². The highest BCUT2D eigenvalue weighted by Gasteiger charge is 2.17. The second-order valence-electron chi connectivity index (χ2n) is 2.65. The Balaban J connectivity index is 2.33. The van der Waals surface area contributed by atoms with E-state index in [4.69, 9.17) is 4.42 Å². The van der Waals surface area contributed by atoms with Crippen LogP contribution in [0.1, 0.15) is 15.3 Å². The van der Waals surface area contributed by atoms with Crippen LogP contribution >= 0.6 is 59.1 Å². The van der Waals surface area contributed by atoms with Gasteiger partial charge in [-0.1, -0.05) is 15.9 Å². The van der Waals surface area contributed by atoms with E-state index in [0.717, 1.165) is 14.0 Å². The third kappa shape index (κ3) is 2.15. The van der Waals surface area contributed by atoms with Crippen LogP contribution in [0.4, 0.5) is 0 Å². The fourth-order valence-corrected chi connectivity index (χ4v) is 4.09. The zero-order valence-corrected chi connectivity index (χ0v) is 12.4. The summed E-state index contributed by atoms with van der Waals surface area (Å²) in [6.07, 6.45) is 1.68. The summed E-state index contributed by atoms with van der Waals surface area (Å²) in [5.74, 6) is 0. The Hall–Kier alpha value is 0.420. The smallest absolute Gasteiger partial charge is 0.173 e. The minimum absolute atomic E-state index is 0.187. The first-order chi connectivity index (χ1) is 6.68. The Morgan fingerprint density at radius 1 is 1.21 bits per heavy atom. The van der Waals surface area contributed by atoms with E-state index in [0.29, 0.717) is 0 Å². The summed E-state index contributed by atoms with van der Waals surface area (Å²) in [5, 5.41) is 0. The summed E-state index contributed by atoms with van der Waals surface area (Å²) in [7, 11) is 0. The molecule has 0 saturated carbocycles. The van der Waals surface area contributed by atoms with Gasteiger partial charge in [-0.3, -0.25) is 0 Å². The molecular formula is C9H5Br3OS. The molecule has 2 aromatic rings. The first kappa shape index (κ1) is 10.9. The van der Waals surface area contributed by atoms with Crippen molar-refractivity contribution in [3.63, 3.8) is 0 Å². The molecule has 14 heavy (non-hydrogen) atoms. The molecule has 0 amide bonds. The quantitative estimate of drug-likeness (QED) is 0.619. The molecule has 2 heterocycles. The number of furan rings is 1. The average Bonchev–Trinajstić information content (AvgIpc) is 2.73. The molecule has 1 nitrogen and oxygen atoms in total. The highest BCUT2D eigenvalue weighted by molar-refractivity contribution is 9.11. The zero-order valence-electron chi connectivity index (χ0n) is 6.84. The van der Waals surface area contributed by atoms with Gasteiger partial charge in [0.25, 0.3) is 0 Å². The summed E-state index contributed by atoms with van der Waals surface area (Å²) < 4.78 is 7.11. The molecule has 0 saturated heterocycles. The zero-order chi connectivity index (χ0) is 10.1. The summed E-state index contributed by atoms with van der Waals surface area (Å²) in [5.41, 5.74) is 1.11. The van der Waals surface area contributed by atoms with E-state index in [1.807, 2.05) is 12.1 Å². The topological polar surface area (TPSA) is 13.1 Å². The van der Waals surface area contributed by atoms with Crippen LogP contribution < -0.4 is 0 Å². The molecule has 2 aromatic heterocycles. The van der Waals surface area contributed by atoms with Crippen LogP contribution in [-0.2, 0) is 0 Å². The van der Waals surface area contributed by atoms with Gasteiger partial charge in [-0.05, 0) is 50.1 Å². The SMILES string of the molecule is Brc1ccc(C(Br)c2ccoc2Br)s1. The molecule has 0 radical (unpaired) electrons. The molecule has 74 valence electrons. The summed E-state index contributed by atoms with van der Waals surface area (Å²) >= 11 is 12.2. The number of alkyl halides is 1. The fraction of sp³-hybridized carbons (Fsp3) is 0.111. The van der Waals surface area contributed by atoms with Crippen molar-refractivity contribution in [2.45, 2.75) is 4.83 Å². The lowest BCUT2D eigenvalue weighted by atomic mass is 10.2. The lowest BCUT2D eigenvalue weighted by molar-refractivity contribution is 0.538. The maximum Gasteiger partial charge on any atom is 0.173 e. The number of hydrogen-bond donors (Lipinski definition) is 0. The second-order valence-corrected chi connectivity index (χ2v) is 6.78. The Labute approximate surface area is 111 Å². The van der Waals surface area contributed by atoms with E-state index in [1.54, 1.807) is 17.6 Å². The van der Waals surface area contributed by atoms with Crippen molar-refractivity contribution in [2.75, 3.05) is 0 Å². The molecule has 0 aliphatic rings. The first-order valence-electron chi connectivity index (χ1n) is 3.80. The molecule has 0 aliphatic heterocycles. The summed E-state index contributed by atoms with van der Waals surface area (Å²) in [4.78, 5) is 1.44. The second kappa shape index (κ2) is 4.51. The average molecular weight is 401 g/mol. The van der Waals surface area contributed by atoms with Crippen molar-refractivity contribution in [2.24, 2.45) is 0 Å². The fourth-order valence-electron chi connectivity index (χ4n) is 1.10. The van der Waals surface area contributed by atoms with Crippen molar-refractivity contribution in [3.8, 4) is 0 Å². The largest absolute Gasteiger partial charge is 0.457 e. The molecule has 0 fully saturated rings. The van der Waals surface area contributed by atoms with Gasteiger partial charge in [-0.2, -0.15) is 0 Å². The van der Waals surface area contributed by atoms with Gasteiger partial charge < -0.3 is 4.42 Å². The van der Waals surface area contributed by atoms with Gasteiger partial charge in [0.05, 0.1) is 14.9 Å². The van der Waals surface area contributed by atoms with Crippen LogP contribution in [0.3, 0.4) is 0 Å². The Morgan fingerprint density at radius 3 is 2.50 bits per heavy atom. The Bertz CT molecular complexity index is 435. The maximum atomic E-state index is 5.19. The maximum absolute atomic E-state index is 5.19. The molecule has 0 aliphatic carbocycles. The summed E-state index contributed by atoms with van der Waals surface area (Å²) in [6.45, 7) is 0. The molecule has 0 bridgehead atoms. The van der Waals surface area contributed by atoms with Gasteiger partial charge in [0.15, 0.2) is 4.67 Å². The van der Waals surface area contributed by atoms with Gasteiger partial charge in [-0.15, -0.1) is 11.3 Å². The van der Waals surface area contributed by atoms with Crippen LogP contribution in [-0.4, -0.2) is 0 Å². The van der Waals surface area contributed by atoms with Crippen molar-refractivity contribution in [1.82, 2.24) is 0 Å². The van der Waals surface area contributed by atoms with Gasteiger partial charge in [0.2, 0.25) is 0 Å². The number of rotatable bonds is 2. The molecular weight excluding hydrogens is 396 g/mol. The molecule has 0 N–H and O–H groups in total. The van der Waals surface area contributed by atoms with E-state index in [2.05, 4.69) is 53.9 Å². The highest BCUT2D eigenvalue weighted by Crippen LogP contribution is 2.40. The van der Waals surface area contributed by atoms with Crippen molar-refractivity contribution < 1.29 is 4.42 Å². The van der Waals surface area contributed by atoms with Gasteiger partial charge in [-0.25, -0.2) is 0 Å². The van der Waals surface area contributed by atoms with E-state index < -0.39 is 0 Å². The van der Waals surface area contributed by atoms with Crippen molar-refractivity contribution >= 4 is 59.1 Å².